The van der Waals surface area contributed by atoms with Crippen LogP contribution in [-0.2, 0) is 14.3 Å². The Kier molecular flexibility index (Phi) is 7.17. The van der Waals surface area contributed by atoms with Gasteiger partial charge >= 0.3 is 11.9 Å². The minimum absolute atomic E-state index is 0.182. The second-order valence-electron chi connectivity index (χ2n) is 8.82. The highest BCUT2D eigenvalue weighted by atomic mass is 32.1. The van der Waals surface area contributed by atoms with E-state index in [9.17, 15) is 14.4 Å². The number of hydrogen-bond donors (Lipinski definition) is 0. The van der Waals surface area contributed by atoms with Crippen molar-refractivity contribution in [3.8, 4) is 5.75 Å². The largest absolute Gasteiger partial charge is 0.496 e. The van der Waals surface area contributed by atoms with Crippen LogP contribution in [0.25, 0.3) is 16.8 Å². The second-order valence-corrected chi connectivity index (χ2v) is 9.83. The number of allylic oxidation sites excluding steroid dienone is 1. The van der Waals surface area contributed by atoms with Crippen LogP contribution in [0, 0.1) is 0 Å². The van der Waals surface area contributed by atoms with E-state index in [1.54, 1.807) is 55.9 Å². The summed E-state index contributed by atoms with van der Waals surface area (Å²) in [5.74, 6) is -0.429. The van der Waals surface area contributed by atoms with Crippen LogP contribution in [0.15, 0.2) is 81.7 Å². The third-order valence-electron chi connectivity index (χ3n) is 6.57. The molecule has 8 nitrogen and oxygen atoms in total. The number of nitrogens with zero attached hydrogens (tertiary/aromatic N) is 2. The van der Waals surface area contributed by atoms with Gasteiger partial charge in [0.05, 0.1) is 42.2 Å². The highest BCUT2D eigenvalue weighted by Gasteiger charge is 2.36. The van der Waals surface area contributed by atoms with Gasteiger partial charge in [-0.05, 0) is 54.5 Å². The Morgan fingerprint density at radius 2 is 1.77 bits per heavy atom. The molecule has 0 bridgehead atoms. The maximum atomic E-state index is 14.0. The van der Waals surface area contributed by atoms with Crippen LogP contribution >= 0.6 is 11.3 Å². The first-order valence-corrected chi connectivity index (χ1v) is 13.1. The second kappa shape index (κ2) is 10.7. The van der Waals surface area contributed by atoms with E-state index in [0.717, 1.165) is 16.3 Å². The van der Waals surface area contributed by atoms with E-state index in [1.165, 1.54) is 18.4 Å². The van der Waals surface area contributed by atoms with Gasteiger partial charge in [-0.15, -0.1) is 0 Å². The molecule has 0 saturated heterocycles. The van der Waals surface area contributed by atoms with Gasteiger partial charge < -0.3 is 14.2 Å². The van der Waals surface area contributed by atoms with Crippen molar-refractivity contribution in [2.45, 2.75) is 19.9 Å². The molecule has 0 spiro atoms. The molecule has 0 unspecified atom stereocenters. The molecule has 9 heteroatoms. The summed E-state index contributed by atoms with van der Waals surface area (Å²) in [6, 6.07) is 17.5. The first-order valence-electron chi connectivity index (χ1n) is 12.3. The number of carbonyl (C=O) groups excluding carboxylic acids is 2. The number of hydrogen-bond acceptors (Lipinski definition) is 8. The summed E-state index contributed by atoms with van der Waals surface area (Å²) in [6.07, 6.45) is 1.74. The molecule has 4 aromatic rings. The molecule has 1 atom stereocenters. The van der Waals surface area contributed by atoms with Gasteiger partial charge in [0.15, 0.2) is 4.80 Å². The van der Waals surface area contributed by atoms with Gasteiger partial charge in [-0.3, -0.25) is 9.36 Å². The Labute approximate surface area is 228 Å². The molecule has 1 aliphatic rings. The number of esters is 2. The maximum absolute atomic E-state index is 14.0. The Hall–Kier alpha value is -4.50. The lowest BCUT2D eigenvalue weighted by Gasteiger charge is -2.27. The summed E-state index contributed by atoms with van der Waals surface area (Å²) < 4.78 is 17.9. The van der Waals surface area contributed by atoms with Crippen molar-refractivity contribution in [1.29, 1.82) is 0 Å². The fraction of sp³-hybridized carbons (Fsp3) is 0.200. The molecule has 0 radical (unpaired) electrons. The highest BCUT2D eigenvalue weighted by Crippen LogP contribution is 2.40. The van der Waals surface area contributed by atoms with Crippen molar-refractivity contribution in [1.82, 2.24) is 4.57 Å². The normalized spacial score (nSPS) is 15.1. The van der Waals surface area contributed by atoms with E-state index in [1.807, 2.05) is 36.4 Å². The molecule has 198 valence electrons. The third kappa shape index (κ3) is 4.66. The molecule has 0 aliphatic carbocycles. The fourth-order valence-corrected chi connectivity index (χ4v) is 5.83. The smallest absolute Gasteiger partial charge is 0.338 e. The number of rotatable bonds is 6. The van der Waals surface area contributed by atoms with Crippen molar-refractivity contribution >= 4 is 40.1 Å². The molecule has 0 saturated carbocycles. The number of benzene rings is 3. The average molecular weight is 543 g/mol. The number of aromatic nitrogens is 1. The predicted octanol–water partition coefficient (Wildman–Crippen LogP) is 3.75. The van der Waals surface area contributed by atoms with Crippen LogP contribution in [0.3, 0.4) is 0 Å². The van der Waals surface area contributed by atoms with Crippen molar-refractivity contribution in [2.24, 2.45) is 4.99 Å². The first kappa shape index (κ1) is 26.1. The zero-order valence-electron chi connectivity index (χ0n) is 21.9. The van der Waals surface area contributed by atoms with Gasteiger partial charge in [-0.25, -0.2) is 14.6 Å². The molecule has 0 amide bonds. The molecule has 3 aromatic carbocycles. The Morgan fingerprint density at radius 1 is 1.03 bits per heavy atom. The van der Waals surface area contributed by atoms with E-state index in [2.05, 4.69) is 4.99 Å². The first-order chi connectivity index (χ1) is 18.9. The predicted molar refractivity (Wildman–Crippen MR) is 149 cm³/mol. The topological polar surface area (TPSA) is 96.2 Å². The fourth-order valence-electron chi connectivity index (χ4n) is 4.78. The molecule has 2 heterocycles. The van der Waals surface area contributed by atoms with Gasteiger partial charge in [-0.2, -0.15) is 0 Å². The van der Waals surface area contributed by atoms with E-state index < -0.39 is 18.0 Å². The number of thiazole rings is 1. The summed E-state index contributed by atoms with van der Waals surface area (Å²) in [4.78, 5) is 44.2. The molecule has 0 fully saturated rings. The summed E-state index contributed by atoms with van der Waals surface area (Å²) in [5, 5.41) is 1.80. The SMILES string of the molecule is CCOC(=O)C1=C(C)N=c2s/c(=C/c3ccc(C(=O)OC)cc3)c(=O)n2[C@@H]1c1c(OC)ccc2ccccc12. The Balaban J connectivity index is 1.77. The zero-order chi connectivity index (χ0) is 27.7. The molecule has 0 N–H and O–H groups in total. The minimum atomic E-state index is -0.815. The molecule has 1 aromatic heterocycles. The molecule has 5 rings (SSSR count). The highest BCUT2D eigenvalue weighted by molar-refractivity contribution is 7.07. The molecule has 39 heavy (non-hydrogen) atoms. The van der Waals surface area contributed by atoms with Gasteiger partial charge in [0, 0.05) is 5.56 Å². The monoisotopic (exact) mass is 542 g/mol. The van der Waals surface area contributed by atoms with Crippen LogP contribution in [-0.4, -0.2) is 37.3 Å². The van der Waals surface area contributed by atoms with Crippen LogP contribution in [0.4, 0.5) is 0 Å². The van der Waals surface area contributed by atoms with Crippen molar-refractivity contribution in [2.75, 3.05) is 20.8 Å². The number of fused-ring (bicyclic) bond motifs is 2. The quantitative estimate of drug-likeness (QED) is 0.345. The molecule has 1 aliphatic heterocycles. The molecular weight excluding hydrogens is 516 g/mol. The number of carbonyl (C=O) groups is 2. The van der Waals surface area contributed by atoms with E-state index >= 15 is 0 Å². The number of methoxy groups -OCH3 is 2. The van der Waals surface area contributed by atoms with Gasteiger partial charge in [-0.1, -0.05) is 53.8 Å². The van der Waals surface area contributed by atoms with E-state index in [-0.39, 0.29) is 17.7 Å². The third-order valence-corrected chi connectivity index (χ3v) is 7.55. The Morgan fingerprint density at radius 3 is 2.46 bits per heavy atom. The summed E-state index contributed by atoms with van der Waals surface area (Å²) in [7, 11) is 2.89. The van der Waals surface area contributed by atoms with Crippen LogP contribution < -0.4 is 19.6 Å². The van der Waals surface area contributed by atoms with Crippen LogP contribution in [0.1, 0.15) is 41.4 Å². The van der Waals surface area contributed by atoms with Crippen molar-refractivity contribution < 1.29 is 23.8 Å². The Bertz CT molecular complexity index is 1810. The summed E-state index contributed by atoms with van der Waals surface area (Å²) in [6.45, 7) is 3.67. The van der Waals surface area contributed by atoms with Gasteiger partial charge in [0.1, 0.15) is 11.8 Å². The standard InChI is InChI=1S/C30H26N2O6S/c1-5-38-29(35)24-17(2)31-30-32(26(24)25-21-9-7-6-8-19(21)14-15-22(25)36-3)27(33)23(39-30)16-18-10-12-20(13-11-18)28(34)37-4/h6-16,26H,5H2,1-4H3/b23-16+/t26-/m0/s1. The maximum Gasteiger partial charge on any atom is 0.338 e. The lowest BCUT2D eigenvalue weighted by atomic mass is 9.90. The van der Waals surface area contributed by atoms with Crippen LogP contribution in [0.5, 0.6) is 5.75 Å². The minimum Gasteiger partial charge on any atom is -0.496 e. The van der Waals surface area contributed by atoms with Crippen LogP contribution in [0.2, 0.25) is 0 Å². The van der Waals surface area contributed by atoms with E-state index in [4.69, 9.17) is 14.2 Å². The average Bonchev–Trinajstić information content (AvgIpc) is 3.25. The lowest BCUT2D eigenvalue weighted by Crippen LogP contribution is -2.40. The zero-order valence-corrected chi connectivity index (χ0v) is 22.7. The van der Waals surface area contributed by atoms with Gasteiger partial charge in [0.2, 0.25) is 0 Å². The summed E-state index contributed by atoms with van der Waals surface area (Å²) in [5.41, 5.74) is 2.28. The number of ether oxygens (including phenoxy) is 3. The van der Waals surface area contributed by atoms with Crippen molar-refractivity contribution in [3.05, 3.63) is 108 Å². The van der Waals surface area contributed by atoms with Crippen molar-refractivity contribution in [3.63, 3.8) is 0 Å². The lowest BCUT2D eigenvalue weighted by molar-refractivity contribution is -0.139. The van der Waals surface area contributed by atoms with Gasteiger partial charge in [0.25, 0.3) is 5.56 Å². The van der Waals surface area contributed by atoms with E-state index in [0.29, 0.717) is 31.9 Å². The summed E-state index contributed by atoms with van der Waals surface area (Å²) >= 11 is 1.23. The molecular formula is C30H26N2O6S.